The molecule has 0 aliphatic rings. The van der Waals surface area contributed by atoms with Crippen LogP contribution in [0.2, 0.25) is 0 Å². The van der Waals surface area contributed by atoms with Gasteiger partial charge in [-0.1, -0.05) is 13.8 Å². The first-order valence-electron chi connectivity index (χ1n) is 7.71. The van der Waals surface area contributed by atoms with Gasteiger partial charge in [0, 0.05) is 5.92 Å². The molecule has 0 bridgehead atoms. The van der Waals surface area contributed by atoms with Gasteiger partial charge in [0.05, 0.1) is 12.5 Å². The van der Waals surface area contributed by atoms with Gasteiger partial charge in [-0.15, -0.1) is 0 Å². The van der Waals surface area contributed by atoms with Gasteiger partial charge in [-0.25, -0.2) is 0 Å². The number of halogens is 13. The summed E-state index contributed by atoms with van der Waals surface area (Å²) in [6.07, 6.45) is -8.22. The van der Waals surface area contributed by atoms with Crippen LogP contribution in [-0.4, -0.2) is 48.4 Å². The minimum absolute atomic E-state index is 0.0368. The van der Waals surface area contributed by atoms with Gasteiger partial charge in [-0.05, 0) is 13.3 Å². The minimum atomic E-state index is -7.96. The van der Waals surface area contributed by atoms with Crippen molar-refractivity contribution >= 4 is 5.97 Å². The number of rotatable bonds is 9. The first kappa shape index (κ1) is 27.6. The summed E-state index contributed by atoms with van der Waals surface area (Å²) in [6.45, 7) is 1.64. The van der Waals surface area contributed by atoms with E-state index in [1.54, 1.807) is 0 Å². The number of hydrogen-bond acceptors (Lipinski definition) is 2. The fourth-order valence-corrected chi connectivity index (χ4v) is 2.29. The Kier molecular flexibility index (Phi) is 7.61. The topological polar surface area (TPSA) is 26.3 Å². The summed E-state index contributed by atoms with van der Waals surface area (Å²) < 4.78 is 175. The molecule has 0 amide bonds. The maximum absolute atomic E-state index is 14.0. The van der Waals surface area contributed by atoms with E-state index in [0.29, 0.717) is 0 Å². The zero-order valence-electron chi connectivity index (χ0n) is 14.8. The molecule has 29 heavy (non-hydrogen) atoms. The highest BCUT2D eigenvalue weighted by molar-refractivity contribution is 5.72. The van der Waals surface area contributed by atoms with E-state index in [9.17, 15) is 61.9 Å². The molecule has 2 nitrogen and oxygen atoms in total. The number of carbonyl (C=O) groups excluding carboxylic acids is 1. The summed E-state index contributed by atoms with van der Waals surface area (Å²) in [7, 11) is 0. The number of ether oxygens (including phenoxy) is 1. The molecule has 0 aliphatic heterocycles. The van der Waals surface area contributed by atoms with E-state index < -0.39 is 66.6 Å². The monoisotopic (exact) mass is 462 g/mol. The second-order valence-corrected chi connectivity index (χ2v) is 5.97. The Morgan fingerprint density at radius 3 is 1.41 bits per heavy atom. The molecule has 0 aliphatic carbocycles. The van der Waals surface area contributed by atoms with Crippen molar-refractivity contribution in [2.45, 2.75) is 63.0 Å². The van der Waals surface area contributed by atoms with Crippen LogP contribution >= 0.6 is 0 Å². The summed E-state index contributed by atoms with van der Waals surface area (Å²) in [5.74, 6) is -44.5. The van der Waals surface area contributed by atoms with Crippen LogP contribution in [0.3, 0.4) is 0 Å². The Bertz CT molecular complexity index is 583. The molecule has 15 heteroatoms. The van der Waals surface area contributed by atoms with Crippen LogP contribution in [0.4, 0.5) is 57.1 Å². The predicted octanol–water partition coefficient (Wildman–Crippen LogP) is 5.95. The van der Waals surface area contributed by atoms with E-state index in [1.165, 1.54) is 0 Å². The van der Waals surface area contributed by atoms with E-state index in [4.69, 9.17) is 0 Å². The molecular formula is C14H15F13O2. The quantitative estimate of drug-likeness (QED) is 0.313. The summed E-state index contributed by atoms with van der Waals surface area (Å²) in [5.41, 5.74) is 0. The lowest BCUT2D eigenvalue weighted by molar-refractivity contribution is -0.443. The van der Waals surface area contributed by atoms with Crippen LogP contribution in [0.15, 0.2) is 0 Å². The summed E-state index contributed by atoms with van der Waals surface area (Å²) in [5, 5.41) is 0. The van der Waals surface area contributed by atoms with E-state index in [1.807, 2.05) is 0 Å². The molecule has 0 radical (unpaired) electrons. The predicted molar refractivity (Wildman–Crippen MR) is 70.4 cm³/mol. The molecule has 0 aromatic heterocycles. The zero-order valence-corrected chi connectivity index (χ0v) is 14.8. The van der Waals surface area contributed by atoms with Crippen molar-refractivity contribution in [2.24, 2.45) is 11.8 Å². The van der Waals surface area contributed by atoms with Crippen LogP contribution < -0.4 is 0 Å². The maximum Gasteiger partial charge on any atom is 0.460 e. The van der Waals surface area contributed by atoms with E-state index in [-0.39, 0.29) is 6.92 Å². The minimum Gasteiger partial charge on any atom is -0.466 e. The molecule has 0 rings (SSSR count). The Hall–Kier alpha value is -1.44. The summed E-state index contributed by atoms with van der Waals surface area (Å²) in [4.78, 5) is 11.5. The normalized spacial score (nSPS) is 17.1. The Morgan fingerprint density at radius 2 is 1.10 bits per heavy atom. The van der Waals surface area contributed by atoms with Crippen molar-refractivity contribution in [3.63, 3.8) is 0 Å². The van der Waals surface area contributed by atoms with Crippen molar-refractivity contribution in [3.05, 3.63) is 0 Å². The smallest absolute Gasteiger partial charge is 0.460 e. The van der Waals surface area contributed by atoms with Crippen LogP contribution in [-0.2, 0) is 9.53 Å². The number of carbonyl (C=O) groups is 1. The van der Waals surface area contributed by atoms with Crippen molar-refractivity contribution in [1.29, 1.82) is 0 Å². The molecule has 0 aromatic rings. The van der Waals surface area contributed by atoms with Gasteiger partial charge >= 0.3 is 41.8 Å². The SMILES string of the molecule is CCOC(=O)C(CC)C(C)C(F)(F)C(F)(F)C(F)(F)C(F)(F)C(F)(F)C(F)(F)F. The molecule has 0 saturated heterocycles. The summed E-state index contributed by atoms with van der Waals surface area (Å²) in [6, 6.07) is 0. The van der Waals surface area contributed by atoms with Gasteiger partial charge in [0.15, 0.2) is 0 Å². The van der Waals surface area contributed by atoms with E-state index in [0.717, 1.165) is 13.8 Å². The van der Waals surface area contributed by atoms with Gasteiger partial charge in [0.1, 0.15) is 0 Å². The average molecular weight is 462 g/mol. The summed E-state index contributed by atoms with van der Waals surface area (Å²) >= 11 is 0. The molecule has 0 aromatic carbocycles. The number of hydrogen-bond donors (Lipinski definition) is 0. The van der Waals surface area contributed by atoms with Gasteiger partial charge in [0.25, 0.3) is 0 Å². The highest BCUT2D eigenvalue weighted by Gasteiger charge is 2.91. The average Bonchev–Trinajstić information content (AvgIpc) is 2.53. The van der Waals surface area contributed by atoms with Crippen LogP contribution in [0.5, 0.6) is 0 Å². The Morgan fingerprint density at radius 1 is 0.724 bits per heavy atom. The third kappa shape index (κ3) is 4.09. The lowest BCUT2D eigenvalue weighted by atomic mass is 9.80. The number of esters is 1. The standard InChI is InChI=1S/C14H15F13O2/c1-4-7(8(28)29-5-2)6(3)9(15,16)10(17,18)11(19,20)12(21,22)13(23,24)14(25,26)27/h6-7H,4-5H2,1-3H3. The lowest BCUT2D eigenvalue weighted by Gasteiger charge is -2.42. The van der Waals surface area contributed by atoms with Gasteiger partial charge in [-0.3, -0.25) is 4.79 Å². The second-order valence-electron chi connectivity index (χ2n) is 5.97. The first-order chi connectivity index (χ1) is 12.6. The Labute approximate surface area is 155 Å². The fraction of sp³-hybridized carbons (Fsp3) is 0.929. The highest BCUT2D eigenvalue weighted by atomic mass is 19.4. The molecule has 0 saturated carbocycles. The van der Waals surface area contributed by atoms with E-state index in [2.05, 4.69) is 4.74 Å². The second kappa shape index (κ2) is 8.00. The molecule has 174 valence electrons. The number of alkyl halides is 13. The fourth-order valence-electron chi connectivity index (χ4n) is 2.29. The molecule has 0 heterocycles. The van der Waals surface area contributed by atoms with E-state index >= 15 is 0 Å². The van der Waals surface area contributed by atoms with Crippen molar-refractivity contribution < 1.29 is 66.6 Å². The molecule has 0 spiro atoms. The van der Waals surface area contributed by atoms with Crippen molar-refractivity contribution in [2.75, 3.05) is 6.61 Å². The van der Waals surface area contributed by atoms with Crippen molar-refractivity contribution in [1.82, 2.24) is 0 Å². The lowest BCUT2D eigenvalue weighted by Crippen LogP contribution is -2.71. The third-order valence-corrected chi connectivity index (χ3v) is 4.16. The Balaban J connectivity index is 6.38. The van der Waals surface area contributed by atoms with Crippen LogP contribution in [0, 0.1) is 11.8 Å². The third-order valence-electron chi connectivity index (χ3n) is 4.16. The zero-order chi connectivity index (χ0) is 23.9. The molecule has 0 fully saturated rings. The van der Waals surface area contributed by atoms with Gasteiger partial charge < -0.3 is 4.74 Å². The van der Waals surface area contributed by atoms with Crippen LogP contribution in [0.1, 0.15) is 27.2 Å². The molecule has 0 N–H and O–H groups in total. The maximum atomic E-state index is 14.0. The largest absolute Gasteiger partial charge is 0.466 e. The molecule has 2 unspecified atom stereocenters. The molecular weight excluding hydrogens is 447 g/mol. The highest BCUT2D eigenvalue weighted by Crippen LogP contribution is 2.61. The van der Waals surface area contributed by atoms with Gasteiger partial charge in [0.2, 0.25) is 0 Å². The first-order valence-corrected chi connectivity index (χ1v) is 7.71. The van der Waals surface area contributed by atoms with Crippen LogP contribution in [0.25, 0.3) is 0 Å². The van der Waals surface area contributed by atoms with Gasteiger partial charge in [-0.2, -0.15) is 57.1 Å². The van der Waals surface area contributed by atoms with Crippen molar-refractivity contribution in [3.8, 4) is 0 Å². The molecule has 2 atom stereocenters.